The number of benzene rings is 1. The van der Waals surface area contributed by atoms with Crippen molar-refractivity contribution >= 4 is 23.7 Å². The maximum Gasteiger partial charge on any atom is 0.308 e. The first-order valence-electron chi connectivity index (χ1n) is 11.2. The molecule has 1 aromatic carbocycles. The Morgan fingerprint density at radius 1 is 1.12 bits per heavy atom. The quantitative estimate of drug-likeness (QED) is 0.463. The topological polar surface area (TPSA) is 105 Å². The molecule has 0 bridgehead atoms. The molecule has 2 atom stereocenters. The van der Waals surface area contributed by atoms with Crippen molar-refractivity contribution in [3.63, 3.8) is 0 Å². The minimum atomic E-state index is -3.89. The van der Waals surface area contributed by atoms with Gasteiger partial charge in [0.2, 0.25) is 0 Å². The number of aromatic nitrogens is 2. The third-order valence-electron chi connectivity index (χ3n) is 6.41. The Balaban J connectivity index is 2.16. The van der Waals surface area contributed by atoms with Crippen LogP contribution < -0.4 is 5.45 Å². The van der Waals surface area contributed by atoms with E-state index in [2.05, 4.69) is 38.8 Å². The van der Waals surface area contributed by atoms with Crippen LogP contribution in [-0.4, -0.2) is 66.8 Å². The Hall–Kier alpha value is -1.56. The predicted octanol–water partition coefficient (Wildman–Crippen LogP) is 2.64. The van der Waals surface area contributed by atoms with Crippen LogP contribution in [0.15, 0.2) is 36.5 Å². The molecular weight excluding hydrogens is 458 g/mol. The Kier molecular flexibility index (Phi) is 9.05. The van der Waals surface area contributed by atoms with Gasteiger partial charge in [0.15, 0.2) is 0 Å². The minimum Gasteiger partial charge on any atom is -0.391 e. The molecule has 2 aromatic rings. The van der Waals surface area contributed by atoms with Crippen LogP contribution in [0.25, 0.3) is 0 Å². The number of imidazole rings is 1. The second kappa shape index (κ2) is 10.8. The van der Waals surface area contributed by atoms with Gasteiger partial charge in [0.05, 0.1) is 37.3 Å². The molecule has 2 N–H and O–H groups in total. The summed E-state index contributed by atoms with van der Waals surface area (Å²) in [6, 6.07) is 9.67. The molecule has 0 amide bonds. The van der Waals surface area contributed by atoms with E-state index in [1.165, 1.54) is 24.3 Å². The van der Waals surface area contributed by atoms with E-state index >= 15 is 0 Å². The Morgan fingerprint density at radius 2 is 1.73 bits per heavy atom. The summed E-state index contributed by atoms with van der Waals surface area (Å²) < 4.78 is 34.4. The molecule has 0 aliphatic heterocycles. The van der Waals surface area contributed by atoms with E-state index in [0.717, 1.165) is 9.87 Å². The third kappa shape index (κ3) is 6.52. The van der Waals surface area contributed by atoms with Crippen molar-refractivity contribution in [2.24, 2.45) is 0 Å². The van der Waals surface area contributed by atoms with Crippen LogP contribution in [0, 0.1) is 0 Å². The summed E-state index contributed by atoms with van der Waals surface area (Å²) in [6.45, 7) is 10.9. The lowest BCUT2D eigenvalue weighted by Crippen LogP contribution is -2.56. The van der Waals surface area contributed by atoms with E-state index in [9.17, 15) is 18.6 Å². The van der Waals surface area contributed by atoms with Crippen molar-refractivity contribution < 1.29 is 23.4 Å². The number of aliphatic hydroxyl groups is 2. The molecule has 10 heteroatoms. The number of aliphatic hydroxyl groups excluding tert-OH is 2. The predicted molar refractivity (Wildman–Crippen MR) is 133 cm³/mol. The lowest BCUT2D eigenvalue weighted by Gasteiger charge is -2.36. The number of hydrogen-bond donors (Lipinski definition) is 2. The Labute approximate surface area is 199 Å². The lowest BCUT2D eigenvalue weighted by molar-refractivity contribution is 0.0162. The van der Waals surface area contributed by atoms with Gasteiger partial charge in [-0.3, -0.25) is 0 Å². The van der Waals surface area contributed by atoms with Gasteiger partial charge in [-0.05, 0) is 23.4 Å². The highest BCUT2D eigenvalue weighted by Gasteiger charge is 2.44. The van der Waals surface area contributed by atoms with E-state index in [1.807, 2.05) is 30.3 Å². The number of hydrogen-bond acceptors (Lipinski definition) is 6. The molecule has 0 spiro atoms. The molecule has 0 aliphatic rings. The number of ether oxygens (including phenoxy) is 1. The van der Waals surface area contributed by atoms with Crippen LogP contribution >= 0.6 is 0 Å². The maximum atomic E-state index is 13.2. The SMILES string of the molecule is CN(C)S(=O)(=O)n1c([C@H](O)CC[C@@H](O)COCc2ccccc2)cnc1[Si](C)(C)C(C)(C)C. The largest absolute Gasteiger partial charge is 0.391 e. The molecule has 0 saturated heterocycles. The summed E-state index contributed by atoms with van der Waals surface area (Å²) in [5.74, 6) is 0. The standard InChI is InChI=1S/C23H39N3O5SSi/c1-23(2,3)33(6,7)22-24-15-20(26(22)32(29,30)25(4)5)21(28)14-13-19(27)17-31-16-18-11-9-8-10-12-18/h8-12,15,19,21,27-28H,13-14,16-17H2,1-7H3/t19-,21-/m1/s1. The summed E-state index contributed by atoms with van der Waals surface area (Å²) in [6.07, 6.45) is 0.0411. The van der Waals surface area contributed by atoms with E-state index in [-0.39, 0.29) is 30.2 Å². The van der Waals surface area contributed by atoms with Crippen molar-refractivity contribution in [2.45, 2.75) is 70.6 Å². The van der Waals surface area contributed by atoms with Gasteiger partial charge in [-0.15, -0.1) is 0 Å². The third-order valence-corrected chi connectivity index (χ3v) is 13.6. The van der Waals surface area contributed by atoms with Crippen LogP contribution in [0.1, 0.15) is 51.0 Å². The zero-order valence-corrected chi connectivity index (χ0v) is 22.6. The molecule has 2 rings (SSSR count). The van der Waals surface area contributed by atoms with Gasteiger partial charge in [-0.2, -0.15) is 12.7 Å². The van der Waals surface area contributed by atoms with Gasteiger partial charge in [0.25, 0.3) is 0 Å². The first-order valence-corrected chi connectivity index (χ1v) is 15.6. The monoisotopic (exact) mass is 497 g/mol. The first kappa shape index (κ1) is 27.7. The van der Waals surface area contributed by atoms with Gasteiger partial charge in [0, 0.05) is 14.1 Å². The molecule has 0 saturated carbocycles. The number of nitrogens with zero attached hydrogens (tertiary/aromatic N) is 3. The Morgan fingerprint density at radius 3 is 2.27 bits per heavy atom. The van der Waals surface area contributed by atoms with Crippen molar-refractivity contribution in [1.82, 2.24) is 13.3 Å². The molecular formula is C23H39N3O5SSi. The van der Waals surface area contributed by atoms with Gasteiger partial charge >= 0.3 is 10.2 Å². The lowest BCUT2D eigenvalue weighted by atomic mass is 10.1. The summed E-state index contributed by atoms with van der Waals surface area (Å²) in [5, 5.41) is 21.1. The maximum absolute atomic E-state index is 13.2. The molecule has 0 fully saturated rings. The molecule has 0 unspecified atom stereocenters. The minimum absolute atomic E-state index is 0.131. The highest BCUT2D eigenvalue weighted by molar-refractivity contribution is 7.87. The molecule has 8 nitrogen and oxygen atoms in total. The Bertz CT molecular complexity index is 1000. The van der Waals surface area contributed by atoms with E-state index in [0.29, 0.717) is 12.1 Å². The van der Waals surface area contributed by atoms with Gasteiger partial charge in [-0.1, -0.05) is 64.2 Å². The van der Waals surface area contributed by atoms with Gasteiger partial charge < -0.3 is 14.9 Å². The van der Waals surface area contributed by atoms with Gasteiger partial charge in [-0.25, -0.2) is 8.96 Å². The normalized spacial score (nSPS) is 15.1. The number of rotatable bonds is 11. The molecule has 0 radical (unpaired) electrons. The van der Waals surface area contributed by atoms with Crippen LogP contribution in [0.5, 0.6) is 0 Å². The average molecular weight is 498 g/mol. The first-order chi connectivity index (χ1) is 15.2. The van der Waals surface area contributed by atoms with Crippen LogP contribution in [-0.2, 0) is 21.6 Å². The zero-order chi connectivity index (χ0) is 25.0. The van der Waals surface area contributed by atoms with Crippen molar-refractivity contribution in [2.75, 3.05) is 20.7 Å². The summed E-state index contributed by atoms with van der Waals surface area (Å²) in [7, 11) is -3.29. The van der Waals surface area contributed by atoms with E-state index < -0.39 is 30.5 Å². The van der Waals surface area contributed by atoms with Crippen LogP contribution in [0.3, 0.4) is 0 Å². The summed E-state index contributed by atoms with van der Waals surface area (Å²) in [5.41, 5.74) is 1.74. The zero-order valence-electron chi connectivity index (χ0n) is 20.8. The fourth-order valence-electron chi connectivity index (χ4n) is 3.20. The molecule has 33 heavy (non-hydrogen) atoms. The molecule has 1 heterocycles. The van der Waals surface area contributed by atoms with Crippen LogP contribution in [0.2, 0.25) is 18.1 Å². The van der Waals surface area contributed by atoms with E-state index in [1.54, 1.807) is 0 Å². The highest BCUT2D eigenvalue weighted by Crippen LogP contribution is 2.36. The van der Waals surface area contributed by atoms with Crippen molar-refractivity contribution in [3.05, 3.63) is 47.8 Å². The second-order valence-corrected chi connectivity index (χ2v) is 17.4. The molecule has 1 aromatic heterocycles. The van der Waals surface area contributed by atoms with E-state index in [4.69, 9.17) is 4.74 Å². The van der Waals surface area contributed by atoms with Crippen molar-refractivity contribution in [3.8, 4) is 0 Å². The van der Waals surface area contributed by atoms with Crippen LogP contribution in [0.4, 0.5) is 0 Å². The highest BCUT2D eigenvalue weighted by atomic mass is 32.2. The molecule has 186 valence electrons. The summed E-state index contributed by atoms with van der Waals surface area (Å²) >= 11 is 0. The molecule has 0 aliphatic carbocycles. The fourth-order valence-corrected chi connectivity index (χ4v) is 6.95. The smallest absolute Gasteiger partial charge is 0.308 e. The summed E-state index contributed by atoms with van der Waals surface area (Å²) in [4.78, 5) is 4.51. The second-order valence-electron chi connectivity index (χ2n) is 10.2. The van der Waals surface area contributed by atoms with Gasteiger partial charge in [0.1, 0.15) is 13.5 Å². The van der Waals surface area contributed by atoms with Crippen molar-refractivity contribution in [1.29, 1.82) is 0 Å². The fraction of sp³-hybridized carbons (Fsp3) is 0.609. The average Bonchev–Trinajstić information content (AvgIpc) is 3.18.